The first kappa shape index (κ1) is 12.4. The molecule has 0 fully saturated rings. The number of hydrogen-bond acceptors (Lipinski definition) is 5. The van der Waals surface area contributed by atoms with Crippen LogP contribution in [-0.4, -0.2) is 39.7 Å². The third kappa shape index (κ3) is 6.43. The Bertz CT molecular complexity index is 246. The number of thioether (sulfide) groups is 1. The number of aliphatic hydroxyl groups excluding tert-OH is 1. The maximum atomic E-state index is 8.57. The van der Waals surface area contributed by atoms with Gasteiger partial charge in [0, 0.05) is 31.6 Å². The van der Waals surface area contributed by atoms with Crippen molar-refractivity contribution < 1.29 is 5.11 Å². The summed E-state index contributed by atoms with van der Waals surface area (Å²) < 4.78 is 0. The van der Waals surface area contributed by atoms with Crippen LogP contribution in [-0.2, 0) is 6.54 Å². The summed E-state index contributed by atoms with van der Waals surface area (Å²) in [6.45, 7) is 2.06. The largest absolute Gasteiger partial charge is 0.396 e. The maximum Gasteiger partial charge on any atom is 0.115 e. The fourth-order valence-electron chi connectivity index (χ4n) is 1.05. The molecule has 1 rings (SSSR count). The van der Waals surface area contributed by atoms with Crippen molar-refractivity contribution in [1.82, 2.24) is 15.3 Å². The van der Waals surface area contributed by atoms with Gasteiger partial charge in [-0.2, -0.15) is 11.8 Å². The predicted octanol–water partition coefficient (Wildman–Crippen LogP) is 0.682. The third-order valence-corrected chi connectivity index (χ3v) is 2.89. The highest BCUT2D eigenvalue weighted by Gasteiger charge is 1.92. The molecule has 0 bridgehead atoms. The first-order valence-electron chi connectivity index (χ1n) is 5.07. The molecule has 5 heteroatoms. The van der Waals surface area contributed by atoms with Gasteiger partial charge >= 0.3 is 0 Å². The lowest BCUT2D eigenvalue weighted by Gasteiger charge is -2.03. The Balaban J connectivity index is 1.93. The van der Waals surface area contributed by atoms with Crippen LogP contribution in [0.25, 0.3) is 0 Å². The van der Waals surface area contributed by atoms with Crippen LogP contribution in [0.15, 0.2) is 18.6 Å². The Hall–Kier alpha value is -0.650. The summed E-state index contributed by atoms with van der Waals surface area (Å²) in [4.78, 5) is 7.97. The standard InChI is InChI=1S/C10H17N3OS/c14-5-1-6-15-7-4-11-8-10-2-3-12-9-13-10/h2-3,9,11,14H,1,4-8H2. The minimum Gasteiger partial charge on any atom is -0.396 e. The molecular formula is C10H17N3OS. The molecule has 4 nitrogen and oxygen atoms in total. The van der Waals surface area contributed by atoms with E-state index < -0.39 is 0 Å². The number of aromatic nitrogens is 2. The number of nitrogens with zero attached hydrogens (tertiary/aromatic N) is 2. The lowest BCUT2D eigenvalue weighted by atomic mass is 10.4. The highest BCUT2D eigenvalue weighted by atomic mass is 32.2. The molecule has 0 saturated heterocycles. The van der Waals surface area contributed by atoms with Gasteiger partial charge in [-0.25, -0.2) is 9.97 Å². The van der Waals surface area contributed by atoms with E-state index >= 15 is 0 Å². The Morgan fingerprint density at radius 1 is 1.40 bits per heavy atom. The normalized spacial score (nSPS) is 10.5. The molecule has 0 aromatic carbocycles. The lowest BCUT2D eigenvalue weighted by molar-refractivity contribution is 0.296. The van der Waals surface area contributed by atoms with Gasteiger partial charge in [-0.15, -0.1) is 0 Å². The van der Waals surface area contributed by atoms with Crippen molar-refractivity contribution in [2.45, 2.75) is 13.0 Å². The summed E-state index contributed by atoms with van der Waals surface area (Å²) in [5, 5.41) is 11.9. The molecule has 1 aromatic rings. The predicted molar refractivity (Wildman–Crippen MR) is 62.8 cm³/mol. The van der Waals surface area contributed by atoms with Gasteiger partial charge in [0.05, 0.1) is 5.69 Å². The Morgan fingerprint density at radius 2 is 2.33 bits per heavy atom. The summed E-state index contributed by atoms with van der Waals surface area (Å²) in [5.74, 6) is 2.11. The highest BCUT2D eigenvalue weighted by Crippen LogP contribution is 2.00. The molecule has 0 atom stereocenters. The fourth-order valence-corrected chi connectivity index (χ4v) is 1.88. The zero-order valence-corrected chi connectivity index (χ0v) is 9.54. The summed E-state index contributed by atoms with van der Waals surface area (Å²) >= 11 is 1.86. The van der Waals surface area contributed by atoms with Crippen molar-refractivity contribution >= 4 is 11.8 Å². The number of aliphatic hydroxyl groups is 1. The Labute approximate surface area is 94.5 Å². The summed E-state index contributed by atoms with van der Waals surface area (Å²) in [6, 6.07) is 1.91. The van der Waals surface area contributed by atoms with Crippen LogP contribution < -0.4 is 5.32 Å². The van der Waals surface area contributed by atoms with Gasteiger partial charge in [-0.3, -0.25) is 0 Å². The van der Waals surface area contributed by atoms with Crippen molar-refractivity contribution in [2.75, 3.05) is 24.7 Å². The Morgan fingerprint density at radius 3 is 3.07 bits per heavy atom. The van der Waals surface area contributed by atoms with E-state index in [0.717, 1.165) is 36.7 Å². The molecule has 0 aliphatic heterocycles. The molecule has 0 amide bonds. The van der Waals surface area contributed by atoms with E-state index in [0.29, 0.717) is 6.61 Å². The molecule has 84 valence electrons. The number of nitrogens with one attached hydrogen (secondary N) is 1. The average molecular weight is 227 g/mol. The quantitative estimate of drug-likeness (QED) is 0.640. The number of rotatable bonds is 8. The van der Waals surface area contributed by atoms with Crippen LogP contribution in [0.2, 0.25) is 0 Å². The Kier molecular flexibility index (Phi) is 7.16. The molecule has 0 radical (unpaired) electrons. The van der Waals surface area contributed by atoms with Crippen molar-refractivity contribution in [3.63, 3.8) is 0 Å². The molecular weight excluding hydrogens is 210 g/mol. The van der Waals surface area contributed by atoms with Crippen molar-refractivity contribution in [3.05, 3.63) is 24.3 Å². The second-order valence-corrected chi connectivity index (χ2v) is 4.29. The minimum absolute atomic E-state index is 0.293. The van der Waals surface area contributed by atoms with Gasteiger partial charge in [0.2, 0.25) is 0 Å². The van der Waals surface area contributed by atoms with E-state index in [9.17, 15) is 0 Å². The average Bonchev–Trinajstić information content (AvgIpc) is 2.29. The summed E-state index contributed by atoms with van der Waals surface area (Å²) in [6.07, 6.45) is 4.20. The van der Waals surface area contributed by atoms with Gasteiger partial charge < -0.3 is 10.4 Å². The molecule has 0 unspecified atom stereocenters. The van der Waals surface area contributed by atoms with Crippen LogP contribution in [0.3, 0.4) is 0 Å². The molecule has 0 aliphatic rings. The highest BCUT2D eigenvalue weighted by molar-refractivity contribution is 7.99. The van der Waals surface area contributed by atoms with E-state index in [1.165, 1.54) is 0 Å². The van der Waals surface area contributed by atoms with Crippen LogP contribution in [0.1, 0.15) is 12.1 Å². The smallest absolute Gasteiger partial charge is 0.115 e. The van der Waals surface area contributed by atoms with E-state index in [-0.39, 0.29) is 0 Å². The van der Waals surface area contributed by atoms with Crippen LogP contribution >= 0.6 is 11.8 Å². The van der Waals surface area contributed by atoms with E-state index in [2.05, 4.69) is 15.3 Å². The monoisotopic (exact) mass is 227 g/mol. The third-order valence-electron chi connectivity index (χ3n) is 1.82. The first-order valence-corrected chi connectivity index (χ1v) is 6.23. The molecule has 0 spiro atoms. The molecule has 15 heavy (non-hydrogen) atoms. The minimum atomic E-state index is 0.293. The zero-order chi connectivity index (χ0) is 10.8. The zero-order valence-electron chi connectivity index (χ0n) is 8.72. The topological polar surface area (TPSA) is 58.0 Å². The van der Waals surface area contributed by atoms with Gasteiger partial charge in [0.25, 0.3) is 0 Å². The second kappa shape index (κ2) is 8.64. The molecule has 1 aromatic heterocycles. The molecule has 1 heterocycles. The lowest BCUT2D eigenvalue weighted by Crippen LogP contribution is -2.17. The van der Waals surface area contributed by atoms with E-state index in [4.69, 9.17) is 5.11 Å². The van der Waals surface area contributed by atoms with E-state index in [1.54, 1.807) is 12.5 Å². The van der Waals surface area contributed by atoms with Gasteiger partial charge in [-0.1, -0.05) is 0 Å². The van der Waals surface area contributed by atoms with Crippen molar-refractivity contribution in [2.24, 2.45) is 0 Å². The molecule has 0 saturated carbocycles. The van der Waals surface area contributed by atoms with E-state index in [1.807, 2.05) is 17.8 Å². The summed E-state index contributed by atoms with van der Waals surface area (Å²) in [7, 11) is 0. The summed E-state index contributed by atoms with van der Waals surface area (Å²) in [5.41, 5.74) is 1.02. The van der Waals surface area contributed by atoms with Crippen molar-refractivity contribution in [3.8, 4) is 0 Å². The number of hydrogen-bond donors (Lipinski definition) is 2. The van der Waals surface area contributed by atoms with Gasteiger partial charge in [0.15, 0.2) is 0 Å². The SMILES string of the molecule is OCCCSCCNCc1ccncn1. The van der Waals surface area contributed by atoms with Crippen LogP contribution in [0, 0.1) is 0 Å². The molecule has 0 aliphatic carbocycles. The van der Waals surface area contributed by atoms with Crippen LogP contribution in [0.5, 0.6) is 0 Å². The second-order valence-electron chi connectivity index (χ2n) is 3.07. The fraction of sp³-hybridized carbons (Fsp3) is 0.600. The van der Waals surface area contributed by atoms with Crippen molar-refractivity contribution in [1.29, 1.82) is 0 Å². The maximum absolute atomic E-state index is 8.57. The van der Waals surface area contributed by atoms with Gasteiger partial charge in [0.1, 0.15) is 6.33 Å². The molecule has 2 N–H and O–H groups in total. The van der Waals surface area contributed by atoms with Gasteiger partial charge in [-0.05, 0) is 18.2 Å². The first-order chi connectivity index (χ1) is 7.43. The van der Waals surface area contributed by atoms with Crippen LogP contribution in [0.4, 0.5) is 0 Å².